The summed E-state index contributed by atoms with van der Waals surface area (Å²) in [6, 6.07) is 8.64. The summed E-state index contributed by atoms with van der Waals surface area (Å²) in [4.78, 5) is 2.46. The highest BCUT2D eigenvalue weighted by Gasteiger charge is 2.21. The molecule has 0 saturated heterocycles. The van der Waals surface area contributed by atoms with Crippen LogP contribution in [0.4, 0.5) is 0 Å². The van der Waals surface area contributed by atoms with E-state index in [-0.39, 0.29) is 0 Å². The van der Waals surface area contributed by atoms with Gasteiger partial charge in [-0.3, -0.25) is 0 Å². The largest absolute Gasteiger partial charge is 0.330 e. The molecule has 0 atom stereocenters. The lowest BCUT2D eigenvalue weighted by molar-refractivity contribution is 0.201. The summed E-state index contributed by atoms with van der Waals surface area (Å²) in [7, 11) is 2.23. The Morgan fingerprint density at radius 3 is 2.26 bits per heavy atom. The number of hydrogen-bond acceptors (Lipinski definition) is 2. The summed E-state index contributed by atoms with van der Waals surface area (Å²) in [5.74, 6) is 1.65. The Morgan fingerprint density at radius 1 is 1.11 bits per heavy atom. The monoisotopic (exact) mass is 324 g/mol. The van der Waals surface area contributed by atoms with Crippen molar-refractivity contribution in [3.8, 4) is 0 Å². The van der Waals surface area contributed by atoms with Crippen LogP contribution in [0.1, 0.15) is 31.2 Å². The van der Waals surface area contributed by atoms with Crippen LogP contribution in [0.5, 0.6) is 0 Å². The highest BCUT2D eigenvalue weighted by atomic mass is 79.9. The smallest absolute Gasteiger partial charge is 0.0230 e. The first-order chi connectivity index (χ1) is 9.17. The minimum absolute atomic E-state index is 0.785. The Labute approximate surface area is 125 Å². The number of hydrogen-bond donors (Lipinski definition) is 1. The molecule has 106 valence electrons. The molecule has 1 aromatic rings. The van der Waals surface area contributed by atoms with Crippen molar-refractivity contribution in [1.82, 2.24) is 4.90 Å². The molecule has 0 spiro atoms. The maximum absolute atomic E-state index is 5.75. The maximum Gasteiger partial charge on any atom is 0.0230 e. The third kappa shape index (κ3) is 4.90. The SMILES string of the molecule is CN(Cc1ccc(Br)cc1)CC1CCC(CN)CC1. The first-order valence-corrected chi connectivity index (χ1v) is 8.09. The second-order valence-corrected chi connectivity index (χ2v) is 6.86. The molecule has 19 heavy (non-hydrogen) atoms. The van der Waals surface area contributed by atoms with E-state index in [1.54, 1.807) is 0 Å². The second kappa shape index (κ2) is 7.41. The van der Waals surface area contributed by atoms with Gasteiger partial charge in [0.2, 0.25) is 0 Å². The van der Waals surface area contributed by atoms with Gasteiger partial charge >= 0.3 is 0 Å². The molecular formula is C16H25BrN2. The van der Waals surface area contributed by atoms with Crippen LogP contribution in [0.3, 0.4) is 0 Å². The van der Waals surface area contributed by atoms with Crippen molar-refractivity contribution in [3.63, 3.8) is 0 Å². The van der Waals surface area contributed by atoms with Crippen LogP contribution >= 0.6 is 15.9 Å². The van der Waals surface area contributed by atoms with E-state index in [0.29, 0.717) is 0 Å². The van der Waals surface area contributed by atoms with Gasteiger partial charge in [-0.2, -0.15) is 0 Å². The number of halogens is 1. The van der Waals surface area contributed by atoms with Gasteiger partial charge in [0.1, 0.15) is 0 Å². The fourth-order valence-electron chi connectivity index (χ4n) is 3.06. The van der Waals surface area contributed by atoms with Crippen LogP contribution in [-0.2, 0) is 6.54 Å². The Kier molecular flexibility index (Phi) is 5.86. The molecule has 3 heteroatoms. The van der Waals surface area contributed by atoms with Crippen molar-refractivity contribution in [1.29, 1.82) is 0 Å². The van der Waals surface area contributed by atoms with E-state index < -0.39 is 0 Å². The summed E-state index contributed by atoms with van der Waals surface area (Å²) in [5.41, 5.74) is 7.14. The van der Waals surface area contributed by atoms with Crippen molar-refractivity contribution < 1.29 is 0 Å². The lowest BCUT2D eigenvalue weighted by Gasteiger charge is -2.30. The van der Waals surface area contributed by atoms with Crippen molar-refractivity contribution in [3.05, 3.63) is 34.3 Å². The zero-order chi connectivity index (χ0) is 13.7. The molecule has 0 aromatic heterocycles. The van der Waals surface area contributed by atoms with Crippen LogP contribution < -0.4 is 5.73 Å². The molecule has 2 rings (SSSR count). The predicted molar refractivity (Wildman–Crippen MR) is 85.0 cm³/mol. The summed E-state index contributed by atoms with van der Waals surface area (Å²) < 4.78 is 1.15. The first kappa shape index (κ1) is 15.0. The Morgan fingerprint density at radius 2 is 1.68 bits per heavy atom. The fourth-order valence-corrected chi connectivity index (χ4v) is 3.32. The van der Waals surface area contributed by atoms with Gasteiger partial charge < -0.3 is 10.6 Å². The van der Waals surface area contributed by atoms with Crippen LogP contribution in [0.2, 0.25) is 0 Å². The Balaban J connectivity index is 1.75. The Hall–Kier alpha value is -0.380. The van der Waals surface area contributed by atoms with E-state index in [9.17, 15) is 0 Å². The average molecular weight is 325 g/mol. The predicted octanol–water partition coefficient (Wildman–Crippen LogP) is 3.65. The summed E-state index contributed by atoms with van der Waals surface area (Å²) in [5, 5.41) is 0. The number of nitrogens with two attached hydrogens (primary N) is 1. The third-order valence-electron chi connectivity index (χ3n) is 4.24. The summed E-state index contributed by atoms with van der Waals surface area (Å²) in [6.07, 6.45) is 5.36. The molecule has 0 unspecified atom stereocenters. The van der Waals surface area contributed by atoms with Crippen molar-refractivity contribution in [2.45, 2.75) is 32.2 Å². The number of rotatable bonds is 5. The fraction of sp³-hybridized carbons (Fsp3) is 0.625. The average Bonchev–Trinajstić information content (AvgIpc) is 2.42. The van der Waals surface area contributed by atoms with Crippen molar-refractivity contribution >= 4 is 15.9 Å². The van der Waals surface area contributed by atoms with Crippen LogP contribution in [0.25, 0.3) is 0 Å². The van der Waals surface area contributed by atoms with Gasteiger partial charge in [0.05, 0.1) is 0 Å². The highest BCUT2D eigenvalue weighted by molar-refractivity contribution is 9.10. The second-order valence-electron chi connectivity index (χ2n) is 5.95. The molecule has 0 aliphatic heterocycles. The van der Waals surface area contributed by atoms with Gasteiger partial charge in [-0.1, -0.05) is 28.1 Å². The van der Waals surface area contributed by atoms with E-state index in [4.69, 9.17) is 5.73 Å². The molecule has 1 aliphatic rings. The first-order valence-electron chi connectivity index (χ1n) is 7.30. The molecule has 1 aromatic carbocycles. The molecule has 2 nitrogen and oxygen atoms in total. The molecular weight excluding hydrogens is 300 g/mol. The van der Waals surface area contributed by atoms with Gasteiger partial charge in [-0.05, 0) is 68.8 Å². The van der Waals surface area contributed by atoms with Crippen LogP contribution in [0.15, 0.2) is 28.7 Å². The van der Waals surface area contributed by atoms with Crippen LogP contribution in [-0.4, -0.2) is 25.0 Å². The molecule has 1 fully saturated rings. The maximum atomic E-state index is 5.75. The van der Waals surface area contributed by atoms with Gasteiger partial charge in [0.25, 0.3) is 0 Å². The molecule has 1 saturated carbocycles. The molecule has 0 heterocycles. The minimum Gasteiger partial charge on any atom is -0.330 e. The van der Waals surface area contributed by atoms with Gasteiger partial charge in [-0.25, -0.2) is 0 Å². The molecule has 2 N–H and O–H groups in total. The van der Waals surface area contributed by atoms with E-state index in [1.807, 2.05) is 0 Å². The number of nitrogens with zero attached hydrogens (tertiary/aromatic N) is 1. The zero-order valence-corrected chi connectivity index (χ0v) is 13.4. The normalized spacial score (nSPS) is 23.8. The summed E-state index contributed by atoms with van der Waals surface area (Å²) in [6.45, 7) is 3.14. The summed E-state index contributed by atoms with van der Waals surface area (Å²) >= 11 is 3.48. The van der Waals surface area contributed by atoms with Crippen molar-refractivity contribution in [2.24, 2.45) is 17.6 Å². The highest BCUT2D eigenvalue weighted by Crippen LogP contribution is 2.28. The lowest BCUT2D eigenvalue weighted by atomic mass is 9.82. The molecule has 1 aliphatic carbocycles. The van der Waals surface area contributed by atoms with E-state index in [2.05, 4.69) is 52.1 Å². The van der Waals surface area contributed by atoms with E-state index in [1.165, 1.54) is 37.8 Å². The Bertz CT molecular complexity index is 369. The van der Waals surface area contributed by atoms with Crippen LogP contribution in [0, 0.1) is 11.8 Å². The molecule has 0 radical (unpaired) electrons. The quantitative estimate of drug-likeness (QED) is 0.895. The number of benzene rings is 1. The zero-order valence-electron chi connectivity index (χ0n) is 11.8. The topological polar surface area (TPSA) is 29.3 Å². The lowest BCUT2D eigenvalue weighted by Crippen LogP contribution is -2.29. The minimum atomic E-state index is 0.785. The third-order valence-corrected chi connectivity index (χ3v) is 4.76. The van der Waals surface area contributed by atoms with Gasteiger partial charge in [0, 0.05) is 17.6 Å². The van der Waals surface area contributed by atoms with E-state index in [0.717, 1.165) is 29.4 Å². The van der Waals surface area contributed by atoms with Gasteiger partial charge in [0.15, 0.2) is 0 Å². The van der Waals surface area contributed by atoms with Crippen molar-refractivity contribution in [2.75, 3.05) is 20.1 Å². The van der Waals surface area contributed by atoms with Gasteiger partial charge in [-0.15, -0.1) is 0 Å². The standard InChI is InChI=1S/C16H25BrN2/c1-19(12-15-6-8-16(17)9-7-15)11-14-4-2-13(10-18)3-5-14/h6-9,13-14H,2-5,10-12,18H2,1H3. The molecule has 0 amide bonds. The van der Waals surface area contributed by atoms with E-state index >= 15 is 0 Å². The molecule has 0 bridgehead atoms.